The number of nitrogens with zero attached hydrogens (tertiary/aromatic N) is 1. The molecule has 2 fully saturated rings. The second kappa shape index (κ2) is 9.79. The van der Waals surface area contributed by atoms with Gasteiger partial charge >= 0.3 is 0 Å². The topological polar surface area (TPSA) is 79.4 Å². The van der Waals surface area contributed by atoms with Crippen LogP contribution in [0.5, 0.6) is 5.88 Å². The second-order valence-electron chi connectivity index (χ2n) is 9.75. The molecule has 35 heavy (non-hydrogen) atoms. The van der Waals surface area contributed by atoms with Crippen LogP contribution in [0.15, 0.2) is 42.5 Å². The molecule has 1 aliphatic heterocycles. The molecule has 3 aromatic rings. The molecule has 2 aromatic heterocycles. The van der Waals surface area contributed by atoms with E-state index in [-0.39, 0.29) is 24.2 Å². The Morgan fingerprint density at radius 1 is 1.17 bits per heavy atom. The van der Waals surface area contributed by atoms with Crippen LogP contribution in [0.1, 0.15) is 37.7 Å². The average Bonchev–Trinajstić information content (AvgIpc) is 3.56. The molecule has 0 radical (unpaired) electrons. The number of benzene rings is 1. The maximum absolute atomic E-state index is 10.1. The number of hydrogen-bond donors (Lipinski definition) is 3. The van der Waals surface area contributed by atoms with Crippen LogP contribution in [0.2, 0.25) is 5.02 Å². The number of halogens is 1. The summed E-state index contributed by atoms with van der Waals surface area (Å²) in [5.74, 6) is 0.828. The first-order valence-electron chi connectivity index (χ1n) is 12.3. The number of aromatic nitrogens is 2. The van der Waals surface area contributed by atoms with Gasteiger partial charge in [0.1, 0.15) is 6.10 Å². The van der Waals surface area contributed by atoms with Crippen LogP contribution in [0.25, 0.3) is 27.9 Å². The number of allylic oxidation sites excluding steroid dienone is 1. The molecule has 2 aliphatic carbocycles. The standard InChI is InChI=1S/C27H30ClN3O3S/c1-35-31-18-8-6-16(7-9-18)15-2-4-17(5-3-15)26-20(28)12-21-22(30-26)13-25(29-21)34-24-11-10-19-23(32)14-33-27(19)24/h2-6,12-13,18-19,23-24,27,29,31-32H,7-11,14H2,1H3/t18?,19?,23-,24-,27+/m1/s1. The summed E-state index contributed by atoms with van der Waals surface area (Å²) in [5.41, 5.74) is 6.09. The molecule has 184 valence electrons. The van der Waals surface area contributed by atoms with Gasteiger partial charge in [-0.25, -0.2) is 4.98 Å². The van der Waals surface area contributed by atoms with Crippen molar-refractivity contribution in [3.8, 4) is 17.1 Å². The van der Waals surface area contributed by atoms with Crippen LogP contribution < -0.4 is 9.46 Å². The van der Waals surface area contributed by atoms with Crippen molar-refractivity contribution in [3.05, 3.63) is 53.1 Å². The Hall–Kier alpha value is -2.03. The molecule has 0 bridgehead atoms. The number of pyridine rings is 1. The molecular formula is C27H30ClN3O3S. The van der Waals surface area contributed by atoms with Crippen molar-refractivity contribution >= 4 is 40.2 Å². The summed E-state index contributed by atoms with van der Waals surface area (Å²) in [6.07, 6.45) is 9.05. The zero-order chi connectivity index (χ0) is 23.9. The molecule has 0 spiro atoms. The van der Waals surface area contributed by atoms with E-state index in [4.69, 9.17) is 26.1 Å². The predicted molar refractivity (Wildman–Crippen MR) is 142 cm³/mol. The van der Waals surface area contributed by atoms with Gasteiger partial charge in [0.05, 0.1) is 40.6 Å². The summed E-state index contributed by atoms with van der Waals surface area (Å²) in [7, 11) is 0. The van der Waals surface area contributed by atoms with Crippen molar-refractivity contribution in [1.82, 2.24) is 14.7 Å². The van der Waals surface area contributed by atoms with E-state index in [0.717, 1.165) is 54.4 Å². The van der Waals surface area contributed by atoms with Crippen molar-refractivity contribution in [3.63, 3.8) is 0 Å². The lowest BCUT2D eigenvalue weighted by molar-refractivity contribution is 0.0154. The van der Waals surface area contributed by atoms with E-state index in [0.29, 0.717) is 23.6 Å². The lowest BCUT2D eigenvalue weighted by atomic mass is 9.90. The normalized spacial score (nSPS) is 28.3. The lowest BCUT2D eigenvalue weighted by Gasteiger charge is -2.22. The minimum Gasteiger partial charge on any atom is -0.473 e. The number of rotatable bonds is 6. The van der Waals surface area contributed by atoms with E-state index in [1.54, 1.807) is 11.9 Å². The Balaban J connectivity index is 1.19. The van der Waals surface area contributed by atoms with Crippen LogP contribution in [-0.2, 0) is 4.74 Å². The Kier molecular flexibility index (Phi) is 6.54. The highest BCUT2D eigenvalue weighted by atomic mass is 35.5. The van der Waals surface area contributed by atoms with E-state index in [9.17, 15) is 5.11 Å². The first-order valence-corrected chi connectivity index (χ1v) is 13.9. The van der Waals surface area contributed by atoms with Gasteiger partial charge in [0.2, 0.25) is 0 Å². The van der Waals surface area contributed by atoms with Crippen molar-refractivity contribution < 1.29 is 14.6 Å². The van der Waals surface area contributed by atoms with E-state index >= 15 is 0 Å². The van der Waals surface area contributed by atoms with Gasteiger partial charge in [-0.2, -0.15) is 0 Å². The van der Waals surface area contributed by atoms with Gasteiger partial charge in [-0.15, -0.1) is 0 Å². The number of ether oxygens (including phenoxy) is 2. The molecule has 1 aromatic carbocycles. The Labute approximate surface area is 214 Å². The zero-order valence-electron chi connectivity index (χ0n) is 19.7. The molecule has 5 atom stereocenters. The molecule has 1 saturated heterocycles. The van der Waals surface area contributed by atoms with E-state index in [1.165, 1.54) is 11.1 Å². The van der Waals surface area contributed by atoms with Crippen molar-refractivity contribution in [2.45, 2.75) is 56.5 Å². The highest BCUT2D eigenvalue weighted by Crippen LogP contribution is 2.39. The number of aliphatic hydroxyl groups excluding tert-OH is 1. The van der Waals surface area contributed by atoms with Crippen LogP contribution >= 0.6 is 23.5 Å². The second-order valence-corrected chi connectivity index (χ2v) is 10.8. The first-order chi connectivity index (χ1) is 17.1. The third kappa shape index (κ3) is 4.60. The minimum atomic E-state index is -0.380. The van der Waals surface area contributed by atoms with Crippen molar-refractivity contribution in [2.75, 3.05) is 12.9 Å². The number of aromatic amines is 1. The summed E-state index contributed by atoms with van der Waals surface area (Å²) in [6, 6.07) is 12.9. The van der Waals surface area contributed by atoms with Gasteiger partial charge in [0, 0.05) is 23.6 Å². The molecule has 8 heteroatoms. The Bertz CT molecular complexity index is 1240. The first kappa shape index (κ1) is 23.4. The van der Waals surface area contributed by atoms with E-state index in [2.05, 4.69) is 46.3 Å². The van der Waals surface area contributed by atoms with Gasteiger partial charge in [-0.3, -0.25) is 4.72 Å². The molecule has 2 unspecified atom stereocenters. The molecule has 1 saturated carbocycles. The highest BCUT2D eigenvalue weighted by Gasteiger charge is 2.47. The van der Waals surface area contributed by atoms with Crippen LogP contribution in [0.4, 0.5) is 0 Å². The molecule has 3 N–H and O–H groups in total. The lowest BCUT2D eigenvalue weighted by Crippen LogP contribution is -2.30. The van der Waals surface area contributed by atoms with Crippen LogP contribution in [0.3, 0.4) is 0 Å². The number of H-pyrrole nitrogens is 1. The van der Waals surface area contributed by atoms with Crippen LogP contribution in [0, 0.1) is 5.92 Å². The molecule has 3 heterocycles. The van der Waals surface area contributed by atoms with Gasteiger partial charge in [0.25, 0.3) is 0 Å². The smallest absolute Gasteiger partial charge is 0.193 e. The van der Waals surface area contributed by atoms with Gasteiger partial charge < -0.3 is 19.6 Å². The summed E-state index contributed by atoms with van der Waals surface area (Å²) >= 11 is 8.35. The highest BCUT2D eigenvalue weighted by molar-refractivity contribution is 7.96. The van der Waals surface area contributed by atoms with Gasteiger partial charge in [-0.05, 0) is 55.6 Å². The predicted octanol–water partition coefficient (Wildman–Crippen LogP) is 5.60. The fraction of sp³-hybridized carbons (Fsp3) is 0.444. The van der Waals surface area contributed by atoms with Crippen molar-refractivity contribution in [1.29, 1.82) is 0 Å². The quantitative estimate of drug-likeness (QED) is 0.374. The Morgan fingerprint density at radius 3 is 2.77 bits per heavy atom. The summed E-state index contributed by atoms with van der Waals surface area (Å²) in [5, 5.41) is 10.7. The number of fused-ring (bicyclic) bond motifs is 2. The molecule has 6 rings (SSSR count). The molecule has 0 amide bonds. The number of nitrogens with one attached hydrogen (secondary N) is 2. The summed E-state index contributed by atoms with van der Waals surface area (Å²) < 4.78 is 15.5. The monoisotopic (exact) mass is 511 g/mol. The maximum Gasteiger partial charge on any atom is 0.193 e. The largest absolute Gasteiger partial charge is 0.473 e. The zero-order valence-corrected chi connectivity index (χ0v) is 21.2. The van der Waals surface area contributed by atoms with Gasteiger partial charge in [0.15, 0.2) is 5.88 Å². The summed E-state index contributed by atoms with van der Waals surface area (Å²) in [4.78, 5) is 8.15. The van der Waals surface area contributed by atoms with E-state index < -0.39 is 0 Å². The van der Waals surface area contributed by atoms with E-state index in [1.807, 2.05) is 12.1 Å². The summed E-state index contributed by atoms with van der Waals surface area (Å²) in [6.45, 7) is 0.397. The molecule has 6 nitrogen and oxygen atoms in total. The minimum absolute atomic E-state index is 0.0472. The number of hydrogen-bond acceptors (Lipinski definition) is 6. The third-order valence-electron chi connectivity index (χ3n) is 7.56. The van der Waals surface area contributed by atoms with Crippen LogP contribution in [-0.4, -0.2) is 52.3 Å². The Morgan fingerprint density at radius 2 is 2.00 bits per heavy atom. The van der Waals surface area contributed by atoms with Crippen molar-refractivity contribution in [2.24, 2.45) is 5.92 Å². The van der Waals surface area contributed by atoms with Gasteiger partial charge in [-0.1, -0.05) is 53.9 Å². The maximum atomic E-state index is 10.1. The fourth-order valence-corrected chi connectivity index (χ4v) is 6.52. The molecule has 3 aliphatic rings. The third-order valence-corrected chi connectivity index (χ3v) is 8.42. The molecular weight excluding hydrogens is 482 g/mol. The fourth-order valence-electron chi connectivity index (χ4n) is 5.71. The average molecular weight is 512 g/mol. The SMILES string of the molecule is CSNC1CC=C(c2ccc(-c3nc4cc(O[C@@H]5CCC6[C@H](O)CO[C@@H]65)[nH]c4cc3Cl)cc2)CC1. The number of aliphatic hydroxyl groups is 1.